The molecule has 0 aliphatic rings. The summed E-state index contributed by atoms with van der Waals surface area (Å²) < 4.78 is 8.99. The molecular formula is C41H26ClN3O. The Morgan fingerprint density at radius 2 is 1.26 bits per heavy atom. The van der Waals surface area contributed by atoms with Gasteiger partial charge in [-0.3, -0.25) is 4.57 Å². The Hall–Kier alpha value is -5.84. The first kappa shape index (κ1) is 26.6. The molecule has 0 aliphatic heterocycles. The summed E-state index contributed by atoms with van der Waals surface area (Å²) in [7, 11) is 0. The summed E-state index contributed by atoms with van der Waals surface area (Å²) in [5, 5.41) is 4.97. The van der Waals surface area contributed by atoms with Crippen molar-refractivity contribution in [2.45, 2.75) is 0 Å². The van der Waals surface area contributed by atoms with Gasteiger partial charge in [0.25, 0.3) is 0 Å². The van der Waals surface area contributed by atoms with Crippen molar-refractivity contribution in [1.29, 1.82) is 0 Å². The lowest BCUT2D eigenvalue weighted by molar-refractivity contribution is 0.671. The summed E-state index contributed by atoms with van der Waals surface area (Å²) in [5.41, 5.74) is 8.85. The van der Waals surface area contributed by atoms with E-state index in [1.54, 1.807) is 0 Å². The molecule has 0 radical (unpaired) electrons. The zero-order chi connectivity index (χ0) is 30.6. The Morgan fingerprint density at radius 3 is 2.00 bits per heavy atom. The molecular weight excluding hydrogens is 586 g/mol. The highest BCUT2D eigenvalue weighted by molar-refractivity contribution is 6.32. The van der Waals surface area contributed by atoms with Gasteiger partial charge in [-0.25, -0.2) is 4.98 Å². The van der Waals surface area contributed by atoms with Gasteiger partial charge in [0.1, 0.15) is 11.4 Å². The van der Waals surface area contributed by atoms with Gasteiger partial charge in [0.2, 0.25) is 0 Å². The van der Waals surface area contributed by atoms with Crippen molar-refractivity contribution in [1.82, 2.24) is 9.55 Å². The average molecular weight is 612 g/mol. The van der Waals surface area contributed by atoms with Gasteiger partial charge in [-0.1, -0.05) is 90.5 Å². The third-order valence-electron chi connectivity index (χ3n) is 8.64. The Bertz CT molecular complexity index is 2500. The minimum atomic E-state index is 0.654. The first-order valence-corrected chi connectivity index (χ1v) is 15.6. The molecule has 0 spiro atoms. The number of aromatic nitrogens is 2. The van der Waals surface area contributed by atoms with Crippen LogP contribution in [0.2, 0.25) is 5.02 Å². The van der Waals surface area contributed by atoms with E-state index in [2.05, 4.69) is 113 Å². The highest BCUT2D eigenvalue weighted by atomic mass is 35.5. The third-order valence-corrected chi connectivity index (χ3v) is 8.86. The highest BCUT2D eigenvalue weighted by Gasteiger charge is 2.24. The molecule has 9 aromatic rings. The molecule has 3 heterocycles. The molecule has 218 valence electrons. The molecule has 0 saturated heterocycles. The Labute approximate surface area is 270 Å². The van der Waals surface area contributed by atoms with E-state index < -0.39 is 0 Å². The zero-order valence-electron chi connectivity index (χ0n) is 24.6. The van der Waals surface area contributed by atoms with Crippen LogP contribution in [0.1, 0.15) is 0 Å². The van der Waals surface area contributed by atoms with Crippen LogP contribution in [0.4, 0.5) is 17.1 Å². The van der Waals surface area contributed by atoms with Gasteiger partial charge < -0.3 is 9.32 Å². The minimum Gasteiger partial charge on any atom is -0.454 e. The van der Waals surface area contributed by atoms with Gasteiger partial charge in [0, 0.05) is 49.8 Å². The lowest BCUT2D eigenvalue weighted by Gasteiger charge is -2.26. The van der Waals surface area contributed by atoms with Gasteiger partial charge in [-0.05, 0) is 83.9 Å². The van der Waals surface area contributed by atoms with Crippen molar-refractivity contribution in [3.8, 4) is 16.9 Å². The second-order valence-corrected chi connectivity index (χ2v) is 11.8. The number of hydrogen-bond donors (Lipinski definition) is 0. The van der Waals surface area contributed by atoms with Gasteiger partial charge in [-0.2, -0.15) is 0 Å². The summed E-state index contributed by atoms with van der Waals surface area (Å²) >= 11 is 7.00. The van der Waals surface area contributed by atoms with Crippen LogP contribution in [-0.2, 0) is 0 Å². The van der Waals surface area contributed by atoms with E-state index in [0.29, 0.717) is 5.02 Å². The molecule has 6 aromatic carbocycles. The smallest absolute Gasteiger partial charge is 0.160 e. The lowest BCUT2D eigenvalue weighted by Crippen LogP contribution is -2.09. The molecule has 3 aromatic heterocycles. The maximum atomic E-state index is 7.00. The summed E-state index contributed by atoms with van der Waals surface area (Å²) in [4.78, 5) is 7.00. The molecule has 4 nitrogen and oxygen atoms in total. The van der Waals surface area contributed by atoms with Gasteiger partial charge in [0.15, 0.2) is 5.58 Å². The van der Waals surface area contributed by atoms with Crippen LogP contribution >= 0.6 is 11.6 Å². The van der Waals surface area contributed by atoms with E-state index in [9.17, 15) is 0 Å². The van der Waals surface area contributed by atoms with Crippen molar-refractivity contribution in [3.63, 3.8) is 0 Å². The van der Waals surface area contributed by atoms with Crippen molar-refractivity contribution in [2.24, 2.45) is 0 Å². The van der Waals surface area contributed by atoms with Crippen LogP contribution in [0.15, 0.2) is 162 Å². The summed E-state index contributed by atoms with van der Waals surface area (Å²) in [6, 6.07) is 52.1. The van der Waals surface area contributed by atoms with Crippen LogP contribution in [0.25, 0.3) is 60.7 Å². The predicted octanol–water partition coefficient (Wildman–Crippen LogP) is 11.9. The minimum absolute atomic E-state index is 0.654. The van der Waals surface area contributed by atoms with Crippen LogP contribution in [0, 0.1) is 0 Å². The van der Waals surface area contributed by atoms with Crippen molar-refractivity contribution in [3.05, 3.63) is 163 Å². The number of nitrogens with zero attached hydrogens (tertiary/aromatic N) is 3. The fourth-order valence-electron chi connectivity index (χ4n) is 6.74. The number of pyridine rings is 1. The van der Waals surface area contributed by atoms with Gasteiger partial charge in [-0.15, -0.1) is 0 Å². The molecule has 0 N–H and O–H groups in total. The number of halogens is 1. The number of rotatable bonds is 5. The maximum Gasteiger partial charge on any atom is 0.160 e. The van der Waals surface area contributed by atoms with E-state index in [-0.39, 0.29) is 0 Å². The van der Waals surface area contributed by atoms with Gasteiger partial charge in [0.05, 0.1) is 11.0 Å². The monoisotopic (exact) mass is 611 g/mol. The highest BCUT2D eigenvalue weighted by Crippen LogP contribution is 2.46. The zero-order valence-corrected chi connectivity index (χ0v) is 25.4. The third kappa shape index (κ3) is 4.19. The number of benzene rings is 6. The maximum absolute atomic E-state index is 7.00. The first-order chi connectivity index (χ1) is 22.7. The van der Waals surface area contributed by atoms with Crippen LogP contribution < -0.4 is 4.90 Å². The van der Waals surface area contributed by atoms with Gasteiger partial charge >= 0.3 is 0 Å². The SMILES string of the molecule is Clc1cc(-c2cc3c4ccccc4n(-c4ccccn4)c3c3oc4ccccc4c23)cc(N(c2ccccc2)c2ccccc2)c1. The summed E-state index contributed by atoms with van der Waals surface area (Å²) in [6.07, 6.45) is 1.83. The molecule has 0 unspecified atom stereocenters. The van der Waals surface area contributed by atoms with Crippen LogP contribution in [0.3, 0.4) is 0 Å². The Morgan fingerprint density at radius 1 is 0.587 bits per heavy atom. The van der Waals surface area contributed by atoms with Crippen molar-refractivity contribution < 1.29 is 4.42 Å². The molecule has 0 amide bonds. The molecule has 0 saturated carbocycles. The number of fused-ring (bicyclic) bond motifs is 7. The number of furan rings is 1. The lowest BCUT2D eigenvalue weighted by atomic mass is 9.96. The summed E-state index contributed by atoms with van der Waals surface area (Å²) in [6.45, 7) is 0. The van der Waals surface area contributed by atoms with E-state index >= 15 is 0 Å². The second kappa shape index (κ2) is 10.7. The number of anilines is 3. The van der Waals surface area contributed by atoms with Crippen molar-refractivity contribution in [2.75, 3.05) is 4.90 Å². The molecule has 46 heavy (non-hydrogen) atoms. The van der Waals surface area contributed by atoms with E-state index in [1.165, 1.54) is 0 Å². The largest absolute Gasteiger partial charge is 0.454 e. The Kier molecular flexibility index (Phi) is 6.15. The second-order valence-electron chi connectivity index (χ2n) is 11.4. The molecule has 0 fully saturated rings. The topological polar surface area (TPSA) is 34.2 Å². The molecule has 9 rings (SSSR count). The predicted molar refractivity (Wildman–Crippen MR) is 191 cm³/mol. The normalized spacial score (nSPS) is 11.6. The van der Waals surface area contributed by atoms with Crippen LogP contribution in [0.5, 0.6) is 0 Å². The van der Waals surface area contributed by atoms with Crippen LogP contribution in [-0.4, -0.2) is 9.55 Å². The first-order valence-electron chi connectivity index (χ1n) is 15.2. The average Bonchev–Trinajstić information content (AvgIpc) is 3.66. The Balaban J connectivity index is 1.39. The molecule has 5 heteroatoms. The summed E-state index contributed by atoms with van der Waals surface area (Å²) in [5.74, 6) is 0.842. The van der Waals surface area contributed by atoms with Crippen molar-refractivity contribution >= 4 is 72.4 Å². The quantitative estimate of drug-likeness (QED) is 0.194. The standard InChI is InChI=1S/C41H26ClN3O/c42-28-23-27(24-31(25-28)44(29-13-3-1-4-14-29)30-15-5-2-6-16-30)34-26-35-32-17-7-9-19-36(32)45(38-21-11-12-22-43-38)40(35)41-39(34)33-18-8-10-20-37(33)46-41/h1-26H. The molecule has 0 bridgehead atoms. The molecule has 0 atom stereocenters. The fraction of sp³-hybridized carbons (Fsp3) is 0. The number of para-hydroxylation sites is 4. The van der Waals surface area contributed by atoms with E-state index in [4.69, 9.17) is 21.0 Å². The number of hydrogen-bond acceptors (Lipinski definition) is 3. The molecule has 0 aliphatic carbocycles. The van der Waals surface area contributed by atoms with E-state index in [1.807, 2.05) is 54.7 Å². The van der Waals surface area contributed by atoms with E-state index in [0.717, 1.165) is 77.8 Å². The fourth-order valence-corrected chi connectivity index (χ4v) is 6.97.